The fourth-order valence-electron chi connectivity index (χ4n) is 4.18. The van der Waals surface area contributed by atoms with Gasteiger partial charge in [0.2, 0.25) is 0 Å². The highest BCUT2D eigenvalue weighted by Crippen LogP contribution is 2.44. The number of Topliss-reactive ketones (excluding diaryl/α,β-unsaturated/α-hetero) is 1. The van der Waals surface area contributed by atoms with Gasteiger partial charge in [-0.25, -0.2) is 0 Å². The largest absolute Gasteiger partial charge is 0.507 e. The van der Waals surface area contributed by atoms with Crippen molar-refractivity contribution in [2.75, 3.05) is 20.3 Å². The number of furan rings is 1. The Morgan fingerprint density at radius 1 is 1.06 bits per heavy atom. The first-order valence-corrected chi connectivity index (χ1v) is 10.4. The number of carbonyl (C=O) groups excluding carboxylic acids is 2. The Hall–Kier alpha value is -4.20. The first kappa shape index (κ1) is 20.7. The van der Waals surface area contributed by atoms with Gasteiger partial charge in [-0.05, 0) is 36.4 Å². The van der Waals surface area contributed by atoms with E-state index < -0.39 is 17.7 Å². The summed E-state index contributed by atoms with van der Waals surface area (Å²) < 4.78 is 22.1. The molecule has 2 aromatic carbocycles. The van der Waals surface area contributed by atoms with Gasteiger partial charge in [0.1, 0.15) is 30.5 Å². The minimum atomic E-state index is -0.876. The molecule has 1 aromatic heterocycles. The van der Waals surface area contributed by atoms with E-state index in [9.17, 15) is 14.7 Å². The lowest BCUT2D eigenvalue weighted by Crippen LogP contribution is -2.29. The van der Waals surface area contributed by atoms with Gasteiger partial charge in [0.15, 0.2) is 11.5 Å². The van der Waals surface area contributed by atoms with Crippen LogP contribution in [0.15, 0.2) is 70.9 Å². The molecule has 1 saturated heterocycles. The van der Waals surface area contributed by atoms with E-state index in [4.69, 9.17) is 18.6 Å². The van der Waals surface area contributed by atoms with Crippen molar-refractivity contribution in [2.45, 2.75) is 12.6 Å². The quantitative estimate of drug-likeness (QED) is 0.362. The first-order chi connectivity index (χ1) is 16.1. The highest BCUT2D eigenvalue weighted by atomic mass is 16.6. The molecule has 3 heterocycles. The summed E-state index contributed by atoms with van der Waals surface area (Å²) in [5, 5.41) is 11.3. The molecule has 1 N–H and O–H groups in total. The standard InChI is InChI=1S/C25H21NO7/c1-30-18-7-3-2-6-17(18)22-21(24(28)25(29)26(22)14-16-5-4-10-31-16)23(27)15-8-9-19-20(13-15)33-12-11-32-19/h2-10,13,22,27H,11-12,14H2,1H3/t22-/m0/s1. The van der Waals surface area contributed by atoms with Crippen molar-refractivity contribution < 1.29 is 33.3 Å². The van der Waals surface area contributed by atoms with Crippen LogP contribution in [0.25, 0.3) is 5.76 Å². The number of nitrogens with zero attached hydrogens (tertiary/aromatic N) is 1. The molecule has 8 nitrogen and oxygen atoms in total. The second-order valence-corrected chi connectivity index (χ2v) is 7.61. The van der Waals surface area contributed by atoms with Gasteiger partial charge < -0.3 is 28.6 Å². The fraction of sp³-hybridized carbons (Fsp3) is 0.200. The van der Waals surface area contributed by atoms with Gasteiger partial charge >= 0.3 is 0 Å². The number of ether oxygens (including phenoxy) is 3. The van der Waals surface area contributed by atoms with Crippen molar-refractivity contribution in [1.82, 2.24) is 4.90 Å². The second-order valence-electron chi connectivity index (χ2n) is 7.61. The molecule has 0 radical (unpaired) electrons. The van der Waals surface area contributed by atoms with Crippen LogP contribution in [-0.2, 0) is 16.1 Å². The average molecular weight is 447 g/mol. The maximum atomic E-state index is 13.2. The number of rotatable bonds is 5. The fourth-order valence-corrected chi connectivity index (χ4v) is 4.18. The van der Waals surface area contributed by atoms with Crippen molar-refractivity contribution >= 4 is 17.4 Å². The van der Waals surface area contributed by atoms with Gasteiger partial charge in [0.25, 0.3) is 11.7 Å². The molecule has 0 aliphatic carbocycles. The molecule has 1 fully saturated rings. The normalized spacial score (nSPS) is 19.1. The van der Waals surface area contributed by atoms with Crippen LogP contribution in [0.4, 0.5) is 0 Å². The number of ketones is 1. The van der Waals surface area contributed by atoms with Crippen LogP contribution in [0.2, 0.25) is 0 Å². The van der Waals surface area contributed by atoms with Crippen LogP contribution in [0, 0.1) is 0 Å². The Labute approximate surface area is 189 Å². The van der Waals surface area contributed by atoms with Gasteiger partial charge in [-0.1, -0.05) is 18.2 Å². The average Bonchev–Trinajstić information content (AvgIpc) is 3.45. The lowest BCUT2D eigenvalue weighted by atomic mass is 9.94. The molecular formula is C25H21NO7. The third kappa shape index (κ3) is 3.59. The van der Waals surface area contributed by atoms with Gasteiger partial charge in [-0.2, -0.15) is 0 Å². The van der Waals surface area contributed by atoms with Crippen LogP contribution in [0.5, 0.6) is 17.2 Å². The SMILES string of the molecule is COc1ccccc1[C@H]1C(=C(O)c2ccc3c(c2)OCCO3)C(=O)C(=O)N1Cc1ccco1. The molecule has 0 unspecified atom stereocenters. The summed E-state index contributed by atoms with van der Waals surface area (Å²) >= 11 is 0. The Kier molecular flexibility index (Phi) is 5.26. The van der Waals surface area contributed by atoms with Crippen molar-refractivity contribution in [3.8, 4) is 17.2 Å². The molecule has 2 aliphatic heterocycles. The Morgan fingerprint density at radius 2 is 1.85 bits per heavy atom. The van der Waals surface area contributed by atoms with Gasteiger partial charge in [-0.15, -0.1) is 0 Å². The van der Waals surface area contributed by atoms with E-state index >= 15 is 0 Å². The minimum Gasteiger partial charge on any atom is -0.507 e. The van der Waals surface area contributed by atoms with E-state index in [1.165, 1.54) is 18.3 Å². The van der Waals surface area contributed by atoms with E-state index in [1.807, 2.05) is 0 Å². The number of benzene rings is 2. The first-order valence-electron chi connectivity index (χ1n) is 10.4. The van der Waals surface area contributed by atoms with Crippen LogP contribution in [0.1, 0.15) is 22.9 Å². The number of aliphatic hydroxyl groups excluding tert-OH is 1. The predicted molar refractivity (Wildman–Crippen MR) is 117 cm³/mol. The lowest BCUT2D eigenvalue weighted by Gasteiger charge is -2.26. The predicted octanol–water partition coefficient (Wildman–Crippen LogP) is 3.68. The summed E-state index contributed by atoms with van der Waals surface area (Å²) in [5.74, 6) is 0.189. The topological polar surface area (TPSA) is 98.4 Å². The van der Waals surface area contributed by atoms with Crippen molar-refractivity contribution in [3.63, 3.8) is 0 Å². The summed E-state index contributed by atoms with van der Waals surface area (Å²) in [5.41, 5.74) is 0.882. The number of hydrogen-bond donors (Lipinski definition) is 1. The number of amides is 1. The number of hydrogen-bond acceptors (Lipinski definition) is 7. The number of fused-ring (bicyclic) bond motifs is 1. The molecule has 0 spiro atoms. The molecule has 2 aliphatic rings. The highest BCUT2D eigenvalue weighted by molar-refractivity contribution is 6.46. The second kappa shape index (κ2) is 8.38. The molecular weight excluding hydrogens is 426 g/mol. The van der Waals surface area contributed by atoms with E-state index in [2.05, 4.69) is 0 Å². The summed E-state index contributed by atoms with van der Waals surface area (Å²) in [6.07, 6.45) is 1.50. The van der Waals surface area contributed by atoms with Gasteiger partial charge in [-0.3, -0.25) is 9.59 Å². The van der Waals surface area contributed by atoms with Crippen molar-refractivity contribution in [1.29, 1.82) is 0 Å². The summed E-state index contributed by atoms with van der Waals surface area (Å²) in [4.78, 5) is 27.7. The molecule has 1 atom stereocenters. The van der Waals surface area contributed by atoms with Crippen molar-refractivity contribution in [3.05, 3.63) is 83.3 Å². The molecule has 3 aromatic rings. The lowest BCUT2D eigenvalue weighted by molar-refractivity contribution is -0.140. The van der Waals surface area contributed by atoms with Crippen molar-refractivity contribution in [2.24, 2.45) is 0 Å². The van der Waals surface area contributed by atoms with Crippen LogP contribution < -0.4 is 14.2 Å². The number of likely N-dealkylation sites (tertiary alicyclic amines) is 1. The van der Waals surface area contributed by atoms with E-state index in [0.29, 0.717) is 47.3 Å². The molecule has 1 amide bonds. The van der Waals surface area contributed by atoms with E-state index in [-0.39, 0.29) is 17.9 Å². The molecule has 8 heteroatoms. The Morgan fingerprint density at radius 3 is 2.61 bits per heavy atom. The molecule has 33 heavy (non-hydrogen) atoms. The van der Waals surface area contributed by atoms with Crippen LogP contribution in [0.3, 0.4) is 0 Å². The zero-order valence-electron chi connectivity index (χ0n) is 17.8. The van der Waals surface area contributed by atoms with E-state index in [1.54, 1.807) is 54.6 Å². The van der Waals surface area contributed by atoms with Crippen LogP contribution in [-0.4, -0.2) is 42.0 Å². The summed E-state index contributed by atoms with van der Waals surface area (Å²) in [7, 11) is 1.51. The third-order valence-corrected chi connectivity index (χ3v) is 5.70. The summed E-state index contributed by atoms with van der Waals surface area (Å²) in [6, 6.07) is 14.5. The zero-order valence-corrected chi connectivity index (χ0v) is 17.8. The maximum absolute atomic E-state index is 13.2. The number of carbonyl (C=O) groups is 2. The smallest absolute Gasteiger partial charge is 0.296 e. The van der Waals surface area contributed by atoms with Gasteiger partial charge in [0, 0.05) is 11.1 Å². The number of methoxy groups -OCH3 is 1. The maximum Gasteiger partial charge on any atom is 0.296 e. The van der Waals surface area contributed by atoms with Crippen LogP contribution >= 0.6 is 0 Å². The summed E-state index contributed by atoms with van der Waals surface area (Å²) in [6.45, 7) is 0.869. The van der Waals surface area contributed by atoms with E-state index in [0.717, 1.165) is 0 Å². The third-order valence-electron chi connectivity index (χ3n) is 5.70. The Balaban J connectivity index is 1.66. The molecule has 0 bridgehead atoms. The molecule has 5 rings (SSSR count). The minimum absolute atomic E-state index is 0.0345. The molecule has 0 saturated carbocycles. The monoisotopic (exact) mass is 447 g/mol. The Bertz CT molecular complexity index is 1250. The number of aliphatic hydroxyl groups is 1. The number of para-hydroxylation sites is 1. The molecule has 168 valence electrons. The zero-order chi connectivity index (χ0) is 22.9. The highest BCUT2D eigenvalue weighted by Gasteiger charge is 2.47. The van der Waals surface area contributed by atoms with Gasteiger partial charge in [0.05, 0.1) is 31.5 Å².